The average molecular weight is 362 g/mol. The van der Waals surface area contributed by atoms with Gasteiger partial charge in [-0.2, -0.15) is 0 Å². The predicted molar refractivity (Wildman–Crippen MR) is 99.4 cm³/mol. The number of fused-ring (bicyclic) bond motifs is 4. The largest absolute Gasteiger partial charge is 0.459 e. The van der Waals surface area contributed by atoms with E-state index in [1.165, 1.54) is 6.07 Å². The molecule has 5 rings (SSSR count). The fraction of sp³-hybridized carbons (Fsp3) is 0.0952. The summed E-state index contributed by atoms with van der Waals surface area (Å²) in [5, 5.41) is 23.3. The van der Waals surface area contributed by atoms with Gasteiger partial charge in [-0.05, 0) is 18.2 Å². The zero-order chi connectivity index (χ0) is 18.5. The lowest BCUT2D eigenvalue weighted by molar-refractivity contribution is 0.238. The first-order chi connectivity index (χ1) is 13.2. The van der Waals surface area contributed by atoms with E-state index in [2.05, 4.69) is 4.98 Å². The van der Waals surface area contributed by atoms with E-state index in [1.54, 1.807) is 30.7 Å². The minimum Gasteiger partial charge on any atom is -0.459 e. The second kappa shape index (κ2) is 5.90. The number of hydrogen-bond acceptors (Lipinski definition) is 4. The molecular formula is C21H15FN2O3. The van der Waals surface area contributed by atoms with Crippen molar-refractivity contribution in [3.63, 3.8) is 0 Å². The van der Waals surface area contributed by atoms with E-state index >= 15 is 0 Å². The van der Waals surface area contributed by atoms with E-state index < -0.39 is 11.9 Å². The van der Waals surface area contributed by atoms with E-state index in [1.807, 2.05) is 28.7 Å². The Hall–Kier alpha value is -3.22. The average Bonchev–Trinajstić information content (AvgIpc) is 3.36. The van der Waals surface area contributed by atoms with Crippen LogP contribution in [0.5, 0.6) is 0 Å². The summed E-state index contributed by atoms with van der Waals surface area (Å²) >= 11 is 0. The van der Waals surface area contributed by atoms with E-state index in [0.717, 1.165) is 21.6 Å². The Morgan fingerprint density at radius 2 is 2.00 bits per heavy atom. The standard InChI is InChI=1S/C21H15FN2O3/c22-17-7-21-12(5-13(10-25)27-21)6-16(17)20(26)8-18-14-3-1-2-4-15(14)19-9-23-11-24(18)19/h1-9,11,20,25-26H,10H2/b18-8-/t20-/m1/s1. The molecule has 5 aromatic rings. The number of benzene rings is 2. The Morgan fingerprint density at radius 3 is 2.81 bits per heavy atom. The Bertz CT molecular complexity index is 1350. The highest BCUT2D eigenvalue weighted by atomic mass is 19.1. The molecular weight excluding hydrogens is 347 g/mol. The molecule has 0 aliphatic heterocycles. The molecule has 0 unspecified atom stereocenters. The normalized spacial score (nSPS) is 14.0. The van der Waals surface area contributed by atoms with Crippen molar-refractivity contribution in [2.75, 3.05) is 0 Å². The van der Waals surface area contributed by atoms with Gasteiger partial charge >= 0.3 is 0 Å². The second-order valence-corrected chi connectivity index (χ2v) is 6.47. The number of aliphatic hydroxyl groups excluding tert-OH is 2. The molecule has 0 amide bonds. The van der Waals surface area contributed by atoms with Crippen molar-refractivity contribution in [2.24, 2.45) is 0 Å². The number of rotatable bonds is 3. The first kappa shape index (κ1) is 16.0. The lowest BCUT2D eigenvalue weighted by Crippen LogP contribution is -2.11. The third-order valence-electron chi connectivity index (χ3n) is 4.85. The number of halogens is 1. The van der Waals surface area contributed by atoms with Crippen molar-refractivity contribution in [3.05, 3.63) is 77.5 Å². The minimum absolute atomic E-state index is 0.145. The molecule has 0 saturated heterocycles. The topological polar surface area (TPSA) is 70.9 Å². The lowest BCUT2D eigenvalue weighted by Gasteiger charge is -2.07. The van der Waals surface area contributed by atoms with E-state index in [0.29, 0.717) is 16.7 Å². The van der Waals surface area contributed by atoms with Crippen LogP contribution in [0.15, 0.2) is 59.4 Å². The van der Waals surface area contributed by atoms with Crippen LogP contribution in [-0.4, -0.2) is 19.6 Å². The molecule has 0 saturated carbocycles. The molecule has 0 bridgehead atoms. The van der Waals surface area contributed by atoms with Crippen LogP contribution in [0.3, 0.4) is 0 Å². The summed E-state index contributed by atoms with van der Waals surface area (Å²) in [6.07, 6.45) is 3.91. The molecule has 27 heavy (non-hydrogen) atoms. The van der Waals surface area contributed by atoms with Crippen molar-refractivity contribution >= 4 is 33.3 Å². The summed E-state index contributed by atoms with van der Waals surface area (Å²) in [5.41, 5.74) is 1.41. The van der Waals surface area contributed by atoms with Gasteiger partial charge in [-0.3, -0.25) is 4.40 Å². The number of nitrogens with zero attached hydrogens (tertiary/aromatic N) is 2. The van der Waals surface area contributed by atoms with Crippen LogP contribution in [-0.2, 0) is 6.61 Å². The molecule has 3 aromatic heterocycles. The van der Waals surface area contributed by atoms with Crippen molar-refractivity contribution in [1.82, 2.24) is 9.38 Å². The van der Waals surface area contributed by atoms with Gasteiger partial charge in [0.05, 0.1) is 23.4 Å². The molecule has 134 valence electrons. The minimum atomic E-state index is -1.15. The maximum absolute atomic E-state index is 14.6. The van der Waals surface area contributed by atoms with Gasteiger partial charge in [-0.15, -0.1) is 0 Å². The summed E-state index contributed by atoms with van der Waals surface area (Å²) in [5.74, 6) is -0.218. The van der Waals surface area contributed by atoms with Gasteiger partial charge in [0.2, 0.25) is 0 Å². The fourth-order valence-corrected chi connectivity index (χ4v) is 3.59. The Balaban J connectivity index is 1.71. The zero-order valence-electron chi connectivity index (χ0n) is 14.1. The van der Waals surface area contributed by atoms with Gasteiger partial charge in [0.25, 0.3) is 0 Å². The summed E-state index contributed by atoms with van der Waals surface area (Å²) in [6, 6.07) is 12.2. The smallest absolute Gasteiger partial charge is 0.137 e. The third-order valence-corrected chi connectivity index (χ3v) is 4.85. The molecule has 0 fully saturated rings. The number of hydrogen-bond donors (Lipinski definition) is 2. The molecule has 0 aliphatic rings. The van der Waals surface area contributed by atoms with Crippen LogP contribution in [0.4, 0.5) is 4.39 Å². The van der Waals surface area contributed by atoms with E-state index in [4.69, 9.17) is 4.42 Å². The number of aromatic nitrogens is 2. The number of imidazole rings is 1. The van der Waals surface area contributed by atoms with E-state index in [-0.39, 0.29) is 12.2 Å². The van der Waals surface area contributed by atoms with Crippen LogP contribution >= 0.6 is 0 Å². The number of aliphatic hydroxyl groups is 2. The molecule has 0 radical (unpaired) electrons. The van der Waals surface area contributed by atoms with Crippen LogP contribution in [0, 0.1) is 5.82 Å². The van der Waals surface area contributed by atoms with Gasteiger partial charge in [0.15, 0.2) is 0 Å². The molecule has 2 aromatic carbocycles. The first-order valence-electron chi connectivity index (χ1n) is 8.51. The highest BCUT2D eigenvalue weighted by Crippen LogP contribution is 2.28. The maximum atomic E-state index is 14.6. The van der Waals surface area contributed by atoms with Crippen LogP contribution in [0.25, 0.3) is 33.3 Å². The van der Waals surface area contributed by atoms with Crippen LogP contribution < -0.4 is 5.35 Å². The molecule has 0 spiro atoms. The third kappa shape index (κ3) is 2.42. The monoisotopic (exact) mass is 362 g/mol. The highest BCUT2D eigenvalue weighted by molar-refractivity contribution is 5.97. The van der Waals surface area contributed by atoms with Crippen molar-refractivity contribution in [2.45, 2.75) is 12.7 Å². The summed E-state index contributed by atoms with van der Waals surface area (Å²) < 4.78 is 21.8. The molecule has 5 nitrogen and oxygen atoms in total. The number of furan rings is 1. The SMILES string of the molecule is OCc1cc2cc([C@H](O)/C=c3/c4ccccc4c4cncn34)c(F)cc2o1. The zero-order valence-corrected chi connectivity index (χ0v) is 14.1. The fourth-order valence-electron chi connectivity index (χ4n) is 3.59. The Kier molecular flexibility index (Phi) is 3.50. The molecule has 2 N–H and O–H groups in total. The molecule has 0 aliphatic carbocycles. The van der Waals surface area contributed by atoms with Gasteiger partial charge in [0, 0.05) is 27.8 Å². The van der Waals surface area contributed by atoms with Gasteiger partial charge in [-0.1, -0.05) is 24.3 Å². The second-order valence-electron chi connectivity index (χ2n) is 6.47. The maximum Gasteiger partial charge on any atom is 0.137 e. The molecule has 1 atom stereocenters. The van der Waals surface area contributed by atoms with Gasteiger partial charge in [0.1, 0.15) is 29.9 Å². The predicted octanol–water partition coefficient (Wildman–Crippen LogP) is 3.10. The quantitative estimate of drug-likeness (QED) is 0.517. The molecule has 6 heteroatoms. The first-order valence-corrected chi connectivity index (χ1v) is 8.51. The summed E-state index contributed by atoms with van der Waals surface area (Å²) in [7, 11) is 0. The van der Waals surface area contributed by atoms with Crippen molar-refractivity contribution < 1.29 is 19.0 Å². The van der Waals surface area contributed by atoms with Crippen molar-refractivity contribution in [3.8, 4) is 0 Å². The highest BCUT2D eigenvalue weighted by Gasteiger charge is 2.16. The summed E-state index contributed by atoms with van der Waals surface area (Å²) in [4.78, 5) is 4.17. The van der Waals surface area contributed by atoms with Gasteiger partial charge in [-0.25, -0.2) is 9.37 Å². The Morgan fingerprint density at radius 1 is 1.19 bits per heavy atom. The van der Waals surface area contributed by atoms with Crippen LogP contribution in [0.1, 0.15) is 17.4 Å². The summed E-state index contributed by atoms with van der Waals surface area (Å²) in [6.45, 7) is -0.265. The Labute approximate surface area is 152 Å². The van der Waals surface area contributed by atoms with Gasteiger partial charge < -0.3 is 14.6 Å². The van der Waals surface area contributed by atoms with Crippen molar-refractivity contribution in [1.29, 1.82) is 0 Å². The van der Waals surface area contributed by atoms with Crippen LogP contribution in [0.2, 0.25) is 0 Å². The van der Waals surface area contributed by atoms with E-state index in [9.17, 15) is 14.6 Å². The lowest BCUT2D eigenvalue weighted by atomic mass is 10.1. The molecule has 3 heterocycles.